The van der Waals surface area contributed by atoms with Gasteiger partial charge < -0.3 is 4.74 Å². The Morgan fingerprint density at radius 1 is 1.08 bits per heavy atom. The quantitative estimate of drug-likeness (QED) is 0.417. The average Bonchev–Trinajstić information content (AvgIpc) is 2.62. The highest BCUT2D eigenvalue weighted by molar-refractivity contribution is 7.89. The van der Waals surface area contributed by atoms with Gasteiger partial charge in [0.2, 0.25) is 10.0 Å². The molecule has 0 radical (unpaired) electrons. The predicted octanol–water partition coefficient (Wildman–Crippen LogP) is 3.24. The van der Waals surface area contributed by atoms with Gasteiger partial charge in [-0.05, 0) is 24.1 Å². The molecule has 0 bridgehead atoms. The van der Waals surface area contributed by atoms with Gasteiger partial charge >= 0.3 is 5.97 Å². The minimum Gasteiger partial charge on any atom is -0.425 e. The molecule has 2 aromatic carbocycles. The molecule has 26 heavy (non-hydrogen) atoms. The fourth-order valence-corrected chi connectivity index (χ4v) is 3.68. The van der Waals surface area contributed by atoms with E-state index in [0.717, 1.165) is 5.56 Å². The molecule has 136 valence electrons. The summed E-state index contributed by atoms with van der Waals surface area (Å²) in [6.45, 7) is 7.17. The van der Waals surface area contributed by atoms with Crippen molar-refractivity contribution < 1.29 is 17.9 Å². The summed E-state index contributed by atoms with van der Waals surface area (Å²) in [5.41, 5.74) is 0.978. The van der Waals surface area contributed by atoms with Crippen LogP contribution in [0.5, 0.6) is 5.75 Å². The van der Waals surface area contributed by atoms with Crippen molar-refractivity contribution in [3.05, 3.63) is 85.5 Å². The Kier molecular flexibility index (Phi) is 6.89. The van der Waals surface area contributed by atoms with Crippen LogP contribution < -0.4 is 9.46 Å². The van der Waals surface area contributed by atoms with E-state index in [1.807, 2.05) is 30.3 Å². The molecule has 0 unspecified atom stereocenters. The summed E-state index contributed by atoms with van der Waals surface area (Å²) in [7, 11) is -3.91. The summed E-state index contributed by atoms with van der Waals surface area (Å²) in [4.78, 5) is 11.6. The monoisotopic (exact) mass is 371 g/mol. The first-order valence-electron chi connectivity index (χ1n) is 8.05. The number of rotatable bonds is 9. The van der Waals surface area contributed by atoms with Crippen molar-refractivity contribution in [3.63, 3.8) is 0 Å². The molecule has 2 rings (SSSR count). The number of nitrogens with one attached hydrogen (secondary N) is 1. The molecule has 2 aromatic rings. The molecule has 0 fully saturated rings. The van der Waals surface area contributed by atoms with E-state index in [1.54, 1.807) is 12.1 Å². The molecule has 5 nitrogen and oxygen atoms in total. The Bertz CT molecular complexity index is 876. The van der Waals surface area contributed by atoms with Gasteiger partial charge in [0.05, 0.1) is 6.42 Å². The molecule has 0 amide bonds. The fraction of sp³-hybridized carbons (Fsp3) is 0.150. The van der Waals surface area contributed by atoms with Gasteiger partial charge in [0.15, 0.2) is 5.75 Å². The lowest BCUT2D eigenvalue weighted by Crippen LogP contribution is -2.35. The maximum absolute atomic E-state index is 12.8. The number of carbonyl (C=O) groups excluding carboxylic acids is 1. The van der Waals surface area contributed by atoms with Gasteiger partial charge in [-0.2, -0.15) is 0 Å². The van der Waals surface area contributed by atoms with Crippen LogP contribution in [0.15, 0.2) is 84.8 Å². The Balaban J connectivity index is 2.22. The number of sulfonamides is 1. The summed E-state index contributed by atoms with van der Waals surface area (Å²) in [5, 5.41) is 0. The lowest BCUT2D eigenvalue weighted by molar-refractivity contribution is -0.133. The van der Waals surface area contributed by atoms with E-state index in [4.69, 9.17) is 4.74 Å². The second-order valence-electron chi connectivity index (χ2n) is 5.57. The summed E-state index contributed by atoms with van der Waals surface area (Å²) in [6.07, 6.45) is 3.38. The molecular weight excluding hydrogens is 350 g/mol. The van der Waals surface area contributed by atoms with Crippen molar-refractivity contribution in [3.8, 4) is 5.75 Å². The molecule has 0 aromatic heterocycles. The lowest BCUT2D eigenvalue weighted by Gasteiger charge is -2.17. The van der Waals surface area contributed by atoms with E-state index >= 15 is 0 Å². The second-order valence-corrected chi connectivity index (χ2v) is 7.25. The van der Waals surface area contributed by atoms with Crippen LogP contribution in [-0.2, 0) is 21.2 Å². The van der Waals surface area contributed by atoms with E-state index in [2.05, 4.69) is 17.9 Å². The smallest absolute Gasteiger partial charge is 0.315 e. The third-order valence-electron chi connectivity index (χ3n) is 3.56. The van der Waals surface area contributed by atoms with Crippen molar-refractivity contribution >= 4 is 16.0 Å². The van der Waals surface area contributed by atoms with Gasteiger partial charge in [0, 0.05) is 6.04 Å². The van der Waals surface area contributed by atoms with Crippen molar-refractivity contribution in [2.24, 2.45) is 0 Å². The highest BCUT2D eigenvalue weighted by Crippen LogP contribution is 2.24. The first-order valence-corrected chi connectivity index (χ1v) is 9.54. The number of hydrogen-bond donors (Lipinski definition) is 1. The first-order chi connectivity index (χ1) is 12.5. The molecular formula is C20H21NO4S. The van der Waals surface area contributed by atoms with E-state index in [-0.39, 0.29) is 17.1 Å². The van der Waals surface area contributed by atoms with Crippen LogP contribution in [0.3, 0.4) is 0 Å². The van der Waals surface area contributed by atoms with Crippen LogP contribution in [0.1, 0.15) is 12.0 Å². The van der Waals surface area contributed by atoms with E-state index in [0.29, 0.717) is 6.42 Å². The Labute approximate surface area is 154 Å². The van der Waals surface area contributed by atoms with Gasteiger partial charge in [-0.1, -0.05) is 54.6 Å². The lowest BCUT2D eigenvalue weighted by atomic mass is 10.1. The molecule has 0 saturated carbocycles. The van der Waals surface area contributed by atoms with Crippen LogP contribution in [0.25, 0.3) is 0 Å². The normalized spacial score (nSPS) is 12.2. The molecule has 0 aliphatic rings. The molecule has 0 aliphatic carbocycles. The van der Waals surface area contributed by atoms with Gasteiger partial charge in [0.1, 0.15) is 4.90 Å². The van der Waals surface area contributed by atoms with Crippen molar-refractivity contribution in [1.82, 2.24) is 4.72 Å². The number of benzene rings is 2. The van der Waals surface area contributed by atoms with Crippen LogP contribution in [-0.4, -0.2) is 20.4 Å². The molecule has 0 saturated heterocycles. The third kappa shape index (κ3) is 5.40. The van der Waals surface area contributed by atoms with E-state index < -0.39 is 22.0 Å². The summed E-state index contributed by atoms with van der Waals surface area (Å²) in [5.74, 6) is -0.596. The minimum absolute atomic E-state index is 0.00883. The Morgan fingerprint density at radius 2 is 1.73 bits per heavy atom. The number of carbonyl (C=O) groups is 1. The summed E-state index contributed by atoms with van der Waals surface area (Å²) < 4.78 is 33.3. The van der Waals surface area contributed by atoms with Crippen LogP contribution in [0, 0.1) is 0 Å². The zero-order valence-corrected chi connectivity index (χ0v) is 15.1. The fourth-order valence-electron chi connectivity index (χ4n) is 2.34. The van der Waals surface area contributed by atoms with Gasteiger partial charge in [-0.25, -0.2) is 13.1 Å². The highest BCUT2D eigenvalue weighted by Gasteiger charge is 2.23. The Hall–Kier alpha value is -2.70. The topological polar surface area (TPSA) is 72.5 Å². The van der Waals surface area contributed by atoms with Gasteiger partial charge in [0.25, 0.3) is 0 Å². The van der Waals surface area contributed by atoms with Crippen molar-refractivity contribution in [1.29, 1.82) is 0 Å². The standard InChI is InChI=1S/C20H21NO4S/c1-3-10-20(22)25-18-13-8-9-14-19(18)26(23,24)21-17(4-2)15-16-11-6-5-7-12-16/h3-9,11-14,17,21H,1-2,10,15H2/t17-/m1/s1. The van der Waals surface area contributed by atoms with Crippen molar-refractivity contribution in [2.75, 3.05) is 0 Å². The largest absolute Gasteiger partial charge is 0.425 e. The SMILES string of the molecule is C=CCC(=O)Oc1ccccc1S(=O)(=O)N[C@H](C=C)Cc1ccccc1. The molecule has 0 heterocycles. The number of ether oxygens (including phenoxy) is 1. The van der Waals surface area contributed by atoms with Crippen LogP contribution in [0.4, 0.5) is 0 Å². The molecule has 0 spiro atoms. The molecule has 1 N–H and O–H groups in total. The zero-order chi connectivity index (χ0) is 19.0. The third-order valence-corrected chi connectivity index (χ3v) is 5.09. The number of para-hydroxylation sites is 1. The summed E-state index contributed by atoms with van der Waals surface area (Å²) >= 11 is 0. The minimum atomic E-state index is -3.91. The van der Waals surface area contributed by atoms with Crippen LogP contribution in [0.2, 0.25) is 0 Å². The first kappa shape index (κ1) is 19.6. The van der Waals surface area contributed by atoms with Gasteiger partial charge in [-0.15, -0.1) is 13.2 Å². The molecule has 6 heteroatoms. The van der Waals surface area contributed by atoms with E-state index in [1.165, 1.54) is 24.3 Å². The maximum atomic E-state index is 12.8. The van der Waals surface area contributed by atoms with Crippen LogP contribution >= 0.6 is 0 Å². The number of esters is 1. The second kappa shape index (κ2) is 9.12. The maximum Gasteiger partial charge on any atom is 0.315 e. The number of hydrogen-bond acceptors (Lipinski definition) is 4. The molecule has 0 aliphatic heterocycles. The highest BCUT2D eigenvalue weighted by atomic mass is 32.2. The van der Waals surface area contributed by atoms with E-state index in [9.17, 15) is 13.2 Å². The molecule has 1 atom stereocenters. The van der Waals surface area contributed by atoms with Crippen molar-refractivity contribution in [2.45, 2.75) is 23.8 Å². The zero-order valence-electron chi connectivity index (χ0n) is 14.3. The van der Waals surface area contributed by atoms with Gasteiger partial charge in [-0.3, -0.25) is 4.79 Å². The average molecular weight is 371 g/mol. The Morgan fingerprint density at radius 3 is 2.38 bits per heavy atom. The predicted molar refractivity (Wildman–Crippen MR) is 101 cm³/mol. The summed E-state index contributed by atoms with van der Waals surface area (Å²) in [6, 6.07) is 15.0.